The average Bonchev–Trinajstić information content (AvgIpc) is 3.17. The van der Waals surface area contributed by atoms with Gasteiger partial charge in [-0.3, -0.25) is 14.2 Å². The minimum Gasteiger partial charge on any atom is -0.471 e. The van der Waals surface area contributed by atoms with Crippen molar-refractivity contribution in [2.24, 2.45) is 14.1 Å². The van der Waals surface area contributed by atoms with Crippen LogP contribution in [0.3, 0.4) is 0 Å². The number of nitrogens with zero attached hydrogens (tertiary/aromatic N) is 6. The summed E-state index contributed by atoms with van der Waals surface area (Å²) in [5.74, 6) is 0.568. The molecule has 4 rings (SSSR count). The minimum atomic E-state index is -0.00942. The van der Waals surface area contributed by atoms with Crippen LogP contribution in [0.15, 0.2) is 24.4 Å². The highest BCUT2D eigenvalue weighted by Gasteiger charge is 2.28. The van der Waals surface area contributed by atoms with Crippen LogP contribution in [-0.4, -0.2) is 41.9 Å². The zero-order chi connectivity index (χ0) is 19.8. The van der Waals surface area contributed by atoms with Gasteiger partial charge in [0, 0.05) is 57.1 Å². The van der Waals surface area contributed by atoms with Crippen LogP contribution in [0.5, 0.6) is 5.88 Å². The summed E-state index contributed by atoms with van der Waals surface area (Å²) in [6.45, 7) is 5.40. The third-order valence-corrected chi connectivity index (χ3v) is 5.08. The first-order chi connectivity index (χ1) is 13.4. The van der Waals surface area contributed by atoms with E-state index in [0.29, 0.717) is 31.3 Å². The van der Waals surface area contributed by atoms with E-state index in [9.17, 15) is 4.79 Å². The van der Waals surface area contributed by atoms with Gasteiger partial charge in [0.15, 0.2) is 0 Å². The predicted octanol–water partition coefficient (Wildman–Crippen LogP) is 1.94. The molecule has 0 radical (unpaired) electrons. The standard InChI is InChI=1S/C20H24N6O2/c1-13-5-7-21-19(9-13)28-12-16-15-11-26(8-6-17(15)24(3)23-16)20(27)18-10-14(2)22-25(18)4/h5,7,9-10H,6,8,11-12H2,1-4H3. The van der Waals surface area contributed by atoms with Crippen molar-refractivity contribution in [2.75, 3.05) is 6.54 Å². The highest BCUT2D eigenvalue weighted by Crippen LogP contribution is 2.24. The van der Waals surface area contributed by atoms with E-state index in [-0.39, 0.29) is 5.91 Å². The Hall–Kier alpha value is -3.16. The van der Waals surface area contributed by atoms with Gasteiger partial charge in [0.1, 0.15) is 18.0 Å². The summed E-state index contributed by atoms with van der Waals surface area (Å²) in [7, 11) is 3.74. The summed E-state index contributed by atoms with van der Waals surface area (Å²) in [5, 5.41) is 8.92. The number of carbonyl (C=O) groups is 1. The van der Waals surface area contributed by atoms with E-state index in [4.69, 9.17) is 4.74 Å². The van der Waals surface area contributed by atoms with Crippen LogP contribution < -0.4 is 4.74 Å². The van der Waals surface area contributed by atoms with E-state index in [1.165, 1.54) is 0 Å². The Labute approximate surface area is 163 Å². The van der Waals surface area contributed by atoms with Crippen molar-refractivity contribution >= 4 is 5.91 Å². The molecule has 1 aliphatic heterocycles. The molecule has 0 unspecified atom stereocenters. The van der Waals surface area contributed by atoms with Crippen molar-refractivity contribution in [2.45, 2.75) is 33.4 Å². The number of aromatic nitrogens is 5. The number of hydrogen-bond donors (Lipinski definition) is 0. The number of ether oxygens (including phenoxy) is 1. The molecule has 0 bridgehead atoms. The Balaban J connectivity index is 1.54. The quantitative estimate of drug-likeness (QED) is 0.691. The smallest absolute Gasteiger partial charge is 0.272 e. The number of hydrogen-bond acceptors (Lipinski definition) is 5. The van der Waals surface area contributed by atoms with E-state index < -0.39 is 0 Å². The highest BCUT2D eigenvalue weighted by atomic mass is 16.5. The molecule has 0 aliphatic carbocycles. The zero-order valence-corrected chi connectivity index (χ0v) is 16.6. The van der Waals surface area contributed by atoms with Crippen LogP contribution in [0, 0.1) is 13.8 Å². The molecule has 0 atom stereocenters. The highest BCUT2D eigenvalue weighted by molar-refractivity contribution is 5.92. The molecule has 0 aromatic carbocycles. The molecule has 0 spiro atoms. The molecule has 8 nitrogen and oxygen atoms in total. The Morgan fingerprint density at radius 2 is 2.00 bits per heavy atom. The van der Waals surface area contributed by atoms with Crippen molar-refractivity contribution in [3.63, 3.8) is 0 Å². The first-order valence-electron chi connectivity index (χ1n) is 9.31. The zero-order valence-electron chi connectivity index (χ0n) is 16.6. The lowest BCUT2D eigenvalue weighted by molar-refractivity contribution is 0.0721. The van der Waals surface area contributed by atoms with E-state index in [1.54, 1.807) is 17.9 Å². The lowest BCUT2D eigenvalue weighted by Crippen LogP contribution is -2.37. The second-order valence-electron chi connectivity index (χ2n) is 7.23. The normalized spacial score (nSPS) is 13.5. The van der Waals surface area contributed by atoms with Crippen molar-refractivity contribution in [3.05, 3.63) is 58.3 Å². The van der Waals surface area contributed by atoms with Gasteiger partial charge in [-0.05, 0) is 31.5 Å². The monoisotopic (exact) mass is 380 g/mol. The van der Waals surface area contributed by atoms with E-state index in [2.05, 4.69) is 15.2 Å². The predicted molar refractivity (Wildman–Crippen MR) is 103 cm³/mol. The second kappa shape index (κ2) is 7.10. The Morgan fingerprint density at radius 1 is 1.18 bits per heavy atom. The molecule has 0 N–H and O–H groups in total. The fourth-order valence-electron chi connectivity index (χ4n) is 3.66. The van der Waals surface area contributed by atoms with Crippen LogP contribution >= 0.6 is 0 Å². The Kier molecular flexibility index (Phi) is 4.62. The van der Waals surface area contributed by atoms with Crippen molar-refractivity contribution in [3.8, 4) is 5.88 Å². The maximum absolute atomic E-state index is 13.0. The van der Waals surface area contributed by atoms with Crippen molar-refractivity contribution < 1.29 is 9.53 Å². The molecule has 0 saturated carbocycles. The summed E-state index contributed by atoms with van der Waals surface area (Å²) in [4.78, 5) is 19.1. The number of amides is 1. The molecular weight excluding hydrogens is 356 g/mol. The van der Waals surface area contributed by atoms with Gasteiger partial charge >= 0.3 is 0 Å². The van der Waals surface area contributed by atoms with Gasteiger partial charge in [0.05, 0.1) is 5.69 Å². The van der Waals surface area contributed by atoms with Crippen LogP contribution in [-0.2, 0) is 33.7 Å². The molecule has 0 fully saturated rings. The first kappa shape index (κ1) is 18.2. The maximum atomic E-state index is 13.0. The van der Waals surface area contributed by atoms with E-state index in [0.717, 1.165) is 34.6 Å². The largest absolute Gasteiger partial charge is 0.471 e. The molecule has 1 aliphatic rings. The van der Waals surface area contributed by atoms with Crippen LogP contribution in [0.2, 0.25) is 0 Å². The number of rotatable bonds is 4. The number of pyridine rings is 1. The van der Waals surface area contributed by atoms with E-state index >= 15 is 0 Å². The molecule has 0 saturated heterocycles. The van der Waals surface area contributed by atoms with Gasteiger partial charge in [0.2, 0.25) is 5.88 Å². The number of aryl methyl sites for hydroxylation is 4. The van der Waals surface area contributed by atoms with Crippen molar-refractivity contribution in [1.82, 2.24) is 29.4 Å². The molecule has 3 aromatic rings. The van der Waals surface area contributed by atoms with Gasteiger partial charge in [-0.15, -0.1) is 0 Å². The summed E-state index contributed by atoms with van der Waals surface area (Å²) in [6, 6.07) is 5.66. The van der Waals surface area contributed by atoms with Gasteiger partial charge < -0.3 is 9.64 Å². The van der Waals surface area contributed by atoms with Crippen LogP contribution in [0.25, 0.3) is 0 Å². The van der Waals surface area contributed by atoms with Gasteiger partial charge in [0.25, 0.3) is 5.91 Å². The maximum Gasteiger partial charge on any atom is 0.272 e. The fraction of sp³-hybridized carbons (Fsp3) is 0.400. The number of carbonyl (C=O) groups excluding carboxylic acids is 1. The topological polar surface area (TPSA) is 78.1 Å². The minimum absolute atomic E-state index is 0.00942. The third-order valence-electron chi connectivity index (χ3n) is 5.08. The summed E-state index contributed by atoms with van der Waals surface area (Å²) in [5.41, 5.74) is 5.60. The third kappa shape index (κ3) is 3.37. The molecule has 1 amide bonds. The lowest BCUT2D eigenvalue weighted by atomic mass is 10.0. The van der Waals surface area contributed by atoms with Gasteiger partial charge in [-0.1, -0.05) is 0 Å². The summed E-state index contributed by atoms with van der Waals surface area (Å²) < 4.78 is 9.39. The molecule has 3 aromatic heterocycles. The van der Waals surface area contributed by atoms with Crippen LogP contribution in [0.1, 0.15) is 38.7 Å². The van der Waals surface area contributed by atoms with Crippen molar-refractivity contribution in [1.29, 1.82) is 0 Å². The molecule has 28 heavy (non-hydrogen) atoms. The summed E-state index contributed by atoms with van der Waals surface area (Å²) >= 11 is 0. The fourth-order valence-corrected chi connectivity index (χ4v) is 3.66. The Morgan fingerprint density at radius 3 is 2.71 bits per heavy atom. The lowest BCUT2D eigenvalue weighted by Gasteiger charge is -2.27. The molecule has 8 heteroatoms. The van der Waals surface area contributed by atoms with Crippen LogP contribution in [0.4, 0.5) is 0 Å². The molecular formula is C20H24N6O2. The summed E-state index contributed by atoms with van der Waals surface area (Å²) in [6.07, 6.45) is 2.50. The average molecular weight is 380 g/mol. The number of fused-ring (bicyclic) bond motifs is 1. The SMILES string of the molecule is Cc1ccnc(OCc2nn(C)c3c2CN(C(=O)c2cc(C)nn2C)CC3)c1. The van der Waals surface area contributed by atoms with Gasteiger partial charge in [-0.2, -0.15) is 10.2 Å². The molecule has 4 heterocycles. The van der Waals surface area contributed by atoms with E-state index in [1.807, 2.05) is 48.7 Å². The Bertz CT molecular complexity index is 1040. The first-order valence-corrected chi connectivity index (χ1v) is 9.31. The molecule has 146 valence electrons. The van der Waals surface area contributed by atoms with Gasteiger partial charge in [-0.25, -0.2) is 4.98 Å². The second-order valence-corrected chi connectivity index (χ2v) is 7.23.